The molecule has 18 heteroatoms. The summed E-state index contributed by atoms with van der Waals surface area (Å²) in [7, 11) is 1.11. The summed E-state index contributed by atoms with van der Waals surface area (Å²) in [6.45, 7) is -2.37. The van der Waals surface area contributed by atoms with Crippen molar-refractivity contribution >= 4 is 46.9 Å². The maximum Gasteiger partial charge on any atom is 0.514 e. The van der Waals surface area contributed by atoms with Crippen LogP contribution < -0.4 is 10.1 Å². The summed E-state index contributed by atoms with van der Waals surface area (Å²) in [5.41, 5.74) is -5.54. The summed E-state index contributed by atoms with van der Waals surface area (Å²) < 4.78 is 79.9. The number of rotatable bonds is 12. The van der Waals surface area contributed by atoms with Gasteiger partial charge in [0.05, 0.1) is 17.9 Å². The van der Waals surface area contributed by atoms with Crippen LogP contribution in [-0.4, -0.2) is 76.9 Å². The number of carboxylic acids is 2. The van der Waals surface area contributed by atoms with Crippen molar-refractivity contribution in [2.45, 2.75) is 11.6 Å². The number of hydrogen-bond acceptors (Lipinski definition) is 9. The van der Waals surface area contributed by atoms with E-state index in [1.165, 1.54) is 35.7 Å². The first-order valence-corrected chi connectivity index (χ1v) is 15.2. The highest BCUT2D eigenvalue weighted by molar-refractivity contribution is 7.10. The van der Waals surface area contributed by atoms with Gasteiger partial charge in [-0.15, -0.1) is 11.3 Å². The molecule has 4 aromatic rings. The van der Waals surface area contributed by atoms with E-state index in [1.807, 2.05) is 0 Å². The summed E-state index contributed by atoms with van der Waals surface area (Å²) in [4.78, 5) is 63.8. The minimum Gasteiger partial charge on any atom is -0.480 e. The average Bonchev–Trinajstić information content (AvgIpc) is 3.61. The third-order valence-corrected chi connectivity index (χ3v) is 8.41. The van der Waals surface area contributed by atoms with Crippen molar-refractivity contribution in [2.75, 3.05) is 32.1 Å². The minimum atomic E-state index is -4.63. The van der Waals surface area contributed by atoms with Crippen LogP contribution >= 0.6 is 11.3 Å². The molecule has 0 aliphatic rings. The highest BCUT2D eigenvalue weighted by atomic mass is 32.1. The standard InChI is InChI=1S/C33H25F5N2O10S/c1-40(12-13-41)28(43)24-22(39-27(42)20-6-3-2-5-19(20)17-8-10-18(11-9-17)33(36,37)38)15-21(34)26(25(24)35)50-31(48)49-16-32(29(44)45,30(46)47)23-7-4-14-51-23/h2-11,14-15,41H,12-13,16H2,1H3,(H,39,42)(H,44,45)(H,46,47). The van der Waals surface area contributed by atoms with E-state index in [9.17, 15) is 52.5 Å². The molecule has 268 valence electrons. The topological polar surface area (TPSA) is 180 Å². The molecule has 0 saturated heterocycles. The average molecular weight is 737 g/mol. The number of ether oxygens (including phenoxy) is 2. The number of nitrogens with one attached hydrogen (secondary N) is 1. The van der Waals surface area contributed by atoms with E-state index in [1.54, 1.807) is 0 Å². The zero-order valence-corrected chi connectivity index (χ0v) is 26.8. The fraction of sp³-hybridized carbons (Fsp3) is 0.182. The Balaban J connectivity index is 1.69. The Morgan fingerprint density at radius 3 is 2.14 bits per heavy atom. The van der Waals surface area contributed by atoms with Gasteiger partial charge >= 0.3 is 24.3 Å². The van der Waals surface area contributed by atoms with Crippen molar-refractivity contribution in [3.63, 3.8) is 0 Å². The number of amides is 2. The molecule has 4 N–H and O–H groups in total. The number of benzene rings is 3. The number of nitrogens with zero attached hydrogens (tertiary/aromatic N) is 1. The van der Waals surface area contributed by atoms with E-state index in [4.69, 9.17) is 0 Å². The van der Waals surface area contributed by atoms with Crippen LogP contribution in [0.3, 0.4) is 0 Å². The van der Waals surface area contributed by atoms with Gasteiger partial charge < -0.3 is 35.0 Å². The molecule has 0 atom stereocenters. The van der Waals surface area contributed by atoms with Crippen LogP contribution in [0.1, 0.15) is 31.2 Å². The van der Waals surface area contributed by atoms with E-state index >= 15 is 8.78 Å². The molecule has 0 fully saturated rings. The lowest BCUT2D eigenvalue weighted by molar-refractivity contribution is -0.160. The van der Waals surface area contributed by atoms with Crippen molar-refractivity contribution in [3.8, 4) is 16.9 Å². The molecule has 0 saturated carbocycles. The molecule has 0 spiro atoms. The lowest BCUT2D eigenvalue weighted by Crippen LogP contribution is -2.47. The molecule has 0 aliphatic carbocycles. The molecular weight excluding hydrogens is 711 g/mol. The van der Waals surface area contributed by atoms with Gasteiger partial charge in [-0.25, -0.2) is 13.6 Å². The fourth-order valence-electron chi connectivity index (χ4n) is 4.70. The first-order chi connectivity index (χ1) is 24.0. The Morgan fingerprint density at radius 2 is 1.57 bits per heavy atom. The molecule has 0 aliphatic heterocycles. The molecular formula is C33H25F5N2O10S. The highest BCUT2D eigenvalue weighted by Crippen LogP contribution is 2.35. The molecule has 0 bridgehead atoms. The highest BCUT2D eigenvalue weighted by Gasteiger charge is 2.51. The van der Waals surface area contributed by atoms with Gasteiger partial charge in [-0.05, 0) is 40.8 Å². The van der Waals surface area contributed by atoms with Crippen LogP contribution in [0, 0.1) is 11.6 Å². The van der Waals surface area contributed by atoms with Crippen molar-refractivity contribution in [1.82, 2.24) is 4.90 Å². The van der Waals surface area contributed by atoms with Crippen molar-refractivity contribution in [2.24, 2.45) is 0 Å². The number of hydrogen-bond donors (Lipinski definition) is 4. The normalized spacial score (nSPS) is 11.4. The maximum atomic E-state index is 16.0. The number of aliphatic hydroxyl groups excluding tert-OH is 1. The molecule has 12 nitrogen and oxygen atoms in total. The van der Waals surface area contributed by atoms with Gasteiger partial charge in [0, 0.05) is 30.1 Å². The first-order valence-electron chi connectivity index (χ1n) is 14.3. The van der Waals surface area contributed by atoms with Gasteiger partial charge in [-0.3, -0.25) is 19.2 Å². The van der Waals surface area contributed by atoms with Crippen LogP contribution in [-0.2, 0) is 25.9 Å². The number of likely N-dealkylation sites (N-methyl/N-ethyl adjacent to an activating group) is 1. The van der Waals surface area contributed by atoms with Crippen LogP contribution in [0.25, 0.3) is 11.1 Å². The number of thiophene rings is 1. The van der Waals surface area contributed by atoms with Gasteiger partial charge in [-0.2, -0.15) is 13.2 Å². The molecule has 2 amide bonds. The fourth-order valence-corrected chi connectivity index (χ4v) is 5.60. The van der Waals surface area contributed by atoms with Crippen LogP contribution in [0.2, 0.25) is 0 Å². The van der Waals surface area contributed by atoms with Crippen LogP contribution in [0.4, 0.5) is 32.4 Å². The maximum absolute atomic E-state index is 16.0. The summed E-state index contributed by atoms with van der Waals surface area (Å²) >= 11 is 0.715. The number of carbonyl (C=O) groups is 5. The monoisotopic (exact) mass is 736 g/mol. The Bertz CT molecular complexity index is 1950. The number of carboxylic acid groups (broad SMARTS) is 2. The van der Waals surface area contributed by atoms with E-state index in [-0.39, 0.29) is 28.1 Å². The summed E-state index contributed by atoms with van der Waals surface area (Å²) in [6.07, 6.45) is -6.59. The molecule has 1 aromatic heterocycles. The Morgan fingerprint density at radius 1 is 0.922 bits per heavy atom. The summed E-state index contributed by atoms with van der Waals surface area (Å²) in [5.74, 6) is -11.3. The predicted octanol–water partition coefficient (Wildman–Crippen LogP) is 5.65. The minimum absolute atomic E-state index is 0.110. The van der Waals surface area contributed by atoms with Gasteiger partial charge in [0.25, 0.3) is 11.8 Å². The van der Waals surface area contributed by atoms with Crippen molar-refractivity contribution in [3.05, 3.63) is 105 Å². The number of carbonyl (C=O) groups excluding carboxylic acids is 3. The second-order valence-electron chi connectivity index (χ2n) is 10.6. The zero-order valence-electron chi connectivity index (χ0n) is 26.0. The van der Waals surface area contributed by atoms with Crippen molar-refractivity contribution in [1.29, 1.82) is 0 Å². The quantitative estimate of drug-likeness (QED) is 0.0615. The molecule has 3 aromatic carbocycles. The van der Waals surface area contributed by atoms with Gasteiger partial charge in [-0.1, -0.05) is 36.4 Å². The second-order valence-corrected chi connectivity index (χ2v) is 11.5. The number of anilines is 1. The van der Waals surface area contributed by atoms with Crippen LogP contribution in [0.5, 0.6) is 5.75 Å². The smallest absolute Gasteiger partial charge is 0.480 e. The molecule has 1 heterocycles. The molecule has 0 unspecified atom stereocenters. The van der Waals surface area contributed by atoms with Gasteiger partial charge in [0.15, 0.2) is 11.6 Å². The number of halogens is 5. The lowest BCUT2D eigenvalue weighted by Gasteiger charge is -2.23. The third kappa shape index (κ3) is 7.97. The van der Waals surface area contributed by atoms with E-state index in [0.717, 1.165) is 42.3 Å². The third-order valence-electron chi connectivity index (χ3n) is 7.38. The first kappa shape index (κ1) is 37.9. The number of alkyl halides is 3. The van der Waals surface area contributed by atoms with Crippen molar-refractivity contribution < 1.29 is 70.7 Å². The largest absolute Gasteiger partial charge is 0.514 e. The Hall–Kier alpha value is -5.88. The lowest BCUT2D eigenvalue weighted by atomic mass is 9.87. The zero-order chi connectivity index (χ0) is 37.7. The SMILES string of the molecule is CN(CCO)C(=O)c1c(NC(=O)c2ccccc2-c2ccc(C(F)(F)F)cc2)cc(F)c(OC(=O)OCC(C(=O)O)(C(=O)O)c2cccs2)c1F. The second kappa shape index (κ2) is 15.3. The summed E-state index contributed by atoms with van der Waals surface area (Å²) in [6, 6.07) is 12.2. The number of aliphatic hydroxyl groups is 1. The molecule has 4 rings (SSSR count). The van der Waals surface area contributed by atoms with Gasteiger partial charge in [0.2, 0.25) is 11.2 Å². The Labute approximate surface area is 288 Å². The van der Waals surface area contributed by atoms with Crippen LogP contribution in [0.15, 0.2) is 72.1 Å². The predicted molar refractivity (Wildman–Crippen MR) is 168 cm³/mol. The molecule has 51 heavy (non-hydrogen) atoms. The molecule has 0 radical (unpaired) electrons. The van der Waals surface area contributed by atoms with E-state index in [2.05, 4.69) is 14.8 Å². The van der Waals surface area contributed by atoms with E-state index < -0.39 is 88.9 Å². The number of aliphatic carboxylic acids is 2. The van der Waals surface area contributed by atoms with Gasteiger partial charge in [0.1, 0.15) is 12.2 Å². The van der Waals surface area contributed by atoms with E-state index in [0.29, 0.717) is 17.4 Å². The Kier molecular flexibility index (Phi) is 11.4. The summed E-state index contributed by atoms with van der Waals surface area (Å²) in [5, 5.41) is 32.2.